The van der Waals surface area contributed by atoms with E-state index in [9.17, 15) is 24.0 Å². The molecule has 1 saturated heterocycles. The number of fused-ring (bicyclic) bond motifs is 1. The molecule has 2 N–H and O–H groups in total. The van der Waals surface area contributed by atoms with E-state index in [2.05, 4.69) is 15.5 Å². The number of hydrogen-bond acceptors (Lipinski definition) is 6. The van der Waals surface area contributed by atoms with Gasteiger partial charge in [0.1, 0.15) is 5.69 Å². The molecule has 2 aliphatic rings. The van der Waals surface area contributed by atoms with Crippen molar-refractivity contribution in [1.82, 2.24) is 25.3 Å². The van der Waals surface area contributed by atoms with Crippen LogP contribution in [0.4, 0.5) is 0 Å². The molecule has 1 fully saturated rings. The molecule has 1 aromatic heterocycles. The lowest BCUT2D eigenvalue weighted by Gasteiger charge is -2.32. The summed E-state index contributed by atoms with van der Waals surface area (Å²) in [6.07, 6.45) is 1.80. The first-order valence-corrected chi connectivity index (χ1v) is 10.5. The Hall–Kier alpha value is -3.82. The lowest BCUT2D eigenvalue weighted by atomic mass is 10.0. The monoisotopic (exact) mass is 437 g/mol. The molecule has 0 atom stereocenters. The lowest BCUT2D eigenvalue weighted by molar-refractivity contribution is -0.122. The molecule has 10 heteroatoms. The van der Waals surface area contributed by atoms with Gasteiger partial charge in [-0.3, -0.25) is 28.9 Å². The number of aromatic nitrogens is 2. The van der Waals surface area contributed by atoms with Crippen LogP contribution in [0.1, 0.15) is 56.9 Å². The van der Waals surface area contributed by atoms with E-state index in [0.29, 0.717) is 43.5 Å². The van der Waals surface area contributed by atoms with Gasteiger partial charge in [0.15, 0.2) is 0 Å². The number of piperidine rings is 1. The van der Waals surface area contributed by atoms with Crippen molar-refractivity contribution in [2.24, 2.45) is 0 Å². The zero-order valence-corrected chi connectivity index (χ0v) is 17.4. The van der Waals surface area contributed by atoms with E-state index in [-0.39, 0.29) is 53.9 Å². The number of carbonyl (C=O) groups is 4. The summed E-state index contributed by atoms with van der Waals surface area (Å²) >= 11 is 0. The normalized spacial score (nSPS) is 16.2. The third-order valence-corrected chi connectivity index (χ3v) is 5.71. The van der Waals surface area contributed by atoms with Crippen LogP contribution in [0.15, 0.2) is 41.2 Å². The smallest absolute Gasteiger partial charge is 0.274 e. The van der Waals surface area contributed by atoms with E-state index >= 15 is 0 Å². The summed E-state index contributed by atoms with van der Waals surface area (Å²) in [5, 5.41) is 8.97. The highest BCUT2D eigenvalue weighted by molar-refractivity contribution is 6.21. The predicted molar refractivity (Wildman–Crippen MR) is 113 cm³/mol. The molecule has 166 valence electrons. The molecule has 1 aromatic carbocycles. The van der Waals surface area contributed by atoms with Gasteiger partial charge in [0.25, 0.3) is 23.3 Å². The summed E-state index contributed by atoms with van der Waals surface area (Å²) in [7, 11) is 0. The van der Waals surface area contributed by atoms with Crippen LogP contribution in [0.2, 0.25) is 0 Å². The number of nitrogens with zero attached hydrogens (tertiary/aromatic N) is 3. The molecule has 0 bridgehead atoms. The van der Waals surface area contributed by atoms with Crippen molar-refractivity contribution < 1.29 is 19.2 Å². The van der Waals surface area contributed by atoms with Crippen molar-refractivity contribution in [3.8, 4) is 0 Å². The largest absolute Gasteiger partial charge is 0.353 e. The number of amides is 4. The maximum absolute atomic E-state index is 12.4. The highest BCUT2D eigenvalue weighted by atomic mass is 16.2. The van der Waals surface area contributed by atoms with E-state index in [1.165, 1.54) is 17.0 Å². The van der Waals surface area contributed by atoms with Gasteiger partial charge in [-0.1, -0.05) is 12.1 Å². The van der Waals surface area contributed by atoms with Gasteiger partial charge in [-0.15, -0.1) is 0 Å². The Bertz CT molecular complexity index is 1060. The second kappa shape index (κ2) is 9.13. The first-order valence-electron chi connectivity index (χ1n) is 10.5. The molecule has 0 radical (unpaired) electrons. The third kappa shape index (κ3) is 4.43. The van der Waals surface area contributed by atoms with Gasteiger partial charge in [-0.2, -0.15) is 5.10 Å². The molecule has 0 aliphatic carbocycles. The molecule has 0 spiro atoms. The van der Waals surface area contributed by atoms with Crippen molar-refractivity contribution >= 4 is 23.6 Å². The topological polar surface area (TPSA) is 133 Å². The van der Waals surface area contributed by atoms with Crippen molar-refractivity contribution in [2.75, 3.05) is 19.6 Å². The quantitative estimate of drug-likeness (QED) is 0.635. The molecular weight excluding hydrogens is 414 g/mol. The number of aromatic amines is 1. The van der Waals surface area contributed by atoms with Gasteiger partial charge in [-0.05, 0) is 37.5 Å². The van der Waals surface area contributed by atoms with Crippen LogP contribution in [0.5, 0.6) is 0 Å². The minimum Gasteiger partial charge on any atom is -0.353 e. The molecule has 4 rings (SSSR count). The van der Waals surface area contributed by atoms with E-state index < -0.39 is 0 Å². The Morgan fingerprint density at radius 2 is 1.66 bits per heavy atom. The SMILES string of the molecule is O=C(CCCN1C(=O)c2ccccc2C1=O)NC1CCN(C(=O)c2ccc(=O)[nH]n2)CC1. The van der Waals surface area contributed by atoms with E-state index in [4.69, 9.17) is 0 Å². The maximum Gasteiger partial charge on any atom is 0.274 e. The van der Waals surface area contributed by atoms with Crippen LogP contribution in [-0.2, 0) is 4.79 Å². The number of hydrogen-bond donors (Lipinski definition) is 2. The highest BCUT2D eigenvalue weighted by Gasteiger charge is 2.34. The minimum atomic E-state index is -0.369. The number of benzene rings is 1. The van der Waals surface area contributed by atoms with Crippen LogP contribution >= 0.6 is 0 Å². The summed E-state index contributed by atoms with van der Waals surface area (Å²) in [5.41, 5.74) is 0.617. The number of carbonyl (C=O) groups excluding carboxylic acids is 4. The first-order chi connectivity index (χ1) is 15.4. The van der Waals surface area contributed by atoms with Gasteiger partial charge in [0.05, 0.1) is 11.1 Å². The van der Waals surface area contributed by atoms with Crippen molar-refractivity contribution in [3.63, 3.8) is 0 Å². The number of nitrogens with one attached hydrogen (secondary N) is 2. The van der Waals surface area contributed by atoms with E-state index in [1.54, 1.807) is 29.2 Å². The Kier molecular flexibility index (Phi) is 6.11. The summed E-state index contributed by atoms with van der Waals surface area (Å²) in [5.74, 6) is -1.04. The molecule has 2 aromatic rings. The fourth-order valence-corrected chi connectivity index (χ4v) is 3.99. The summed E-state index contributed by atoms with van der Waals surface area (Å²) in [6, 6.07) is 9.31. The van der Waals surface area contributed by atoms with Crippen molar-refractivity contribution in [2.45, 2.75) is 31.7 Å². The molecule has 32 heavy (non-hydrogen) atoms. The number of H-pyrrole nitrogens is 1. The maximum atomic E-state index is 12.4. The molecule has 3 heterocycles. The Balaban J connectivity index is 1.19. The number of rotatable bonds is 6. The van der Waals surface area contributed by atoms with Crippen molar-refractivity contribution in [3.05, 3.63) is 63.6 Å². The zero-order chi connectivity index (χ0) is 22.7. The van der Waals surface area contributed by atoms with Gasteiger partial charge in [-0.25, -0.2) is 5.10 Å². The Morgan fingerprint density at radius 1 is 1.00 bits per heavy atom. The van der Waals surface area contributed by atoms with E-state index in [1.807, 2.05) is 0 Å². The second-order valence-electron chi connectivity index (χ2n) is 7.85. The summed E-state index contributed by atoms with van der Waals surface area (Å²) in [6.45, 7) is 1.14. The zero-order valence-electron chi connectivity index (χ0n) is 17.4. The second-order valence-corrected chi connectivity index (χ2v) is 7.85. The molecule has 0 unspecified atom stereocenters. The summed E-state index contributed by atoms with van der Waals surface area (Å²) in [4.78, 5) is 63.4. The fraction of sp³-hybridized carbons (Fsp3) is 0.364. The van der Waals surface area contributed by atoms with Gasteiger partial charge in [0, 0.05) is 38.2 Å². The lowest BCUT2D eigenvalue weighted by Crippen LogP contribution is -2.46. The average molecular weight is 437 g/mol. The van der Waals surface area contributed by atoms with Crippen LogP contribution in [0, 0.1) is 0 Å². The first kappa shape index (κ1) is 21.4. The van der Waals surface area contributed by atoms with Crippen LogP contribution in [0.3, 0.4) is 0 Å². The predicted octanol–water partition coefficient (Wildman–Crippen LogP) is 0.567. The van der Waals surface area contributed by atoms with Crippen LogP contribution in [0.25, 0.3) is 0 Å². The van der Waals surface area contributed by atoms with E-state index in [0.717, 1.165) is 0 Å². The van der Waals surface area contributed by atoms with Crippen LogP contribution in [-0.4, -0.2) is 69.3 Å². The van der Waals surface area contributed by atoms with Crippen LogP contribution < -0.4 is 10.9 Å². The molecule has 4 amide bonds. The number of likely N-dealkylation sites (tertiary alicyclic amines) is 1. The van der Waals surface area contributed by atoms with Gasteiger partial charge < -0.3 is 10.2 Å². The Morgan fingerprint density at radius 3 is 2.25 bits per heavy atom. The molecule has 0 saturated carbocycles. The summed E-state index contributed by atoms with van der Waals surface area (Å²) < 4.78 is 0. The minimum absolute atomic E-state index is 0.0469. The standard InChI is InChI=1S/C22H23N5O5/c28-18(6-3-11-27-20(30)15-4-1-2-5-16(15)21(27)31)23-14-9-12-26(13-10-14)22(32)17-7-8-19(29)25-24-17/h1-2,4-5,7-8,14H,3,6,9-13H2,(H,23,28)(H,25,29). The van der Waals surface area contributed by atoms with Gasteiger partial charge in [0.2, 0.25) is 5.91 Å². The third-order valence-electron chi connectivity index (χ3n) is 5.71. The highest BCUT2D eigenvalue weighted by Crippen LogP contribution is 2.22. The average Bonchev–Trinajstić information content (AvgIpc) is 3.05. The Labute approximate surface area is 183 Å². The fourth-order valence-electron chi connectivity index (χ4n) is 3.99. The van der Waals surface area contributed by atoms with Crippen molar-refractivity contribution in [1.29, 1.82) is 0 Å². The number of imide groups is 1. The molecule has 2 aliphatic heterocycles. The molecular formula is C22H23N5O5. The molecule has 10 nitrogen and oxygen atoms in total. The van der Waals surface area contributed by atoms with Gasteiger partial charge >= 0.3 is 0 Å².